The van der Waals surface area contributed by atoms with E-state index < -0.39 is 0 Å². The zero-order chi connectivity index (χ0) is 16.8. The second-order valence-corrected chi connectivity index (χ2v) is 6.36. The van der Waals surface area contributed by atoms with Crippen LogP contribution in [0.2, 0.25) is 0 Å². The Bertz CT molecular complexity index is 561. The van der Waals surface area contributed by atoms with E-state index in [2.05, 4.69) is 10.6 Å². The van der Waals surface area contributed by atoms with E-state index in [4.69, 9.17) is 4.74 Å². The number of hydrogen-bond donors (Lipinski definition) is 2. The maximum absolute atomic E-state index is 12.1. The van der Waals surface area contributed by atoms with Crippen LogP contribution < -0.4 is 10.6 Å². The summed E-state index contributed by atoms with van der Waals surface area (Å²) < 4.78 is 5.30. The molecule has 0 bridgehead atoms. The fraction of sp³-hybridized carbons (Fsp3) is 0.556. The molecule has 2 saturated heterocycles. The summed E-state index contributed by atoms with van der Waals surface area (Å²) in [5, 5.41) is 6.02. The van der Waals surface area contributed by atoms with E-state index in [9.17, 15) is 9.59 Å². The van der Waals surface area contributed by atoms with Crippen LogP contribution in [0, 0.1) is 0 Å². The molecule has 130 valence electrons. The van der Waals surface area contributed by atoms with Gasteiger partial charge in [-0.2, -0.15) is 0 Å². The summed E-state index contributed by atoms with van der Waals surface area (Å²) in [6.07, 6.45) is 3.54. The third kappa shape index (κ3) is 4.55. The van der Waals surface area contributed by atoms with Crippen molar-refractivity contribution in [1.82, 2.24) is 10.2 Å². The maximum Gasteiger partial charge on any atom is 0.243 e. The number of nitrogens with one attached hydrogen (secondary N) is 2. The summed E-state index contributed by atoms with van der Waals surface area (Å²) in [5.41, 5.74) is 1.88. The Hall–Kier alpha value is -1.92. The van der Waals surface area contributed by atoms with E-state index in [1.165, 1.54) is 0 Å². The molecule has 2 heterocycles. The number of anilines is 1. The zero-order valence-corrected chi connectivity index (χ0v) is 13.9. The Labute approximate surface area is 142 Å². The minimum Gasteiger partial charge on any atom is -0.378 e. The van der Waals surface area contributed by atoms with E-state index in [0.717, 1.165) is 43.6 Å². The Morgan fingerprint density at radius 1 is 1.21 bits per heavy atom. The van der Waals surface area contributed by atoms with Crippen molar-refractivity contribution >= 4 is 17.5 Å². The molecule has 2 aliphatic rings. The molecule has 24 heavy (non-hydrogen) atoms. The van der Waals surface area contributed by atoms with Gasteiger partial charge in [0.1, 0.15) is 6.04 Å². The third-order valence-corrected chi connectivity index (χ3v) is 4.55. The van der Waals surface area contributed by atoms with Gasteiger partial charge in [-0.3, -0.25) is 9.59 Å². The number of nitrogens with zero attached hydrogens (tertiary/aromatic N) is 1. The van der Waals surface area contributed by atoms with Crippen molar-refractivity contribution in [2.45, 2.75) is 31.7 Å². The van der Waals surface area contributed by atoms with Crippen LogP contribution in [0.5, 0.6) is 0 Å². The van der Waals surface area contributed by atoms with Gasteiger partial charge in [0.05, 0.1) is 13.2 Å². The zero-order valence-electron chi connectivity index (χ0n) is 13.9. The first-order chi connectivity index (χ1) is 11.7. The molecule has 6 nitrogen and oxygen atoms in total. The minimum atomic E-state index is -0.295. The maximum atomic E-state index is 12.1. The third-order valence-electron chi connectivity index (χ3n) is 4.55. The normalized spacial score (nSPS) is 20.8. The van der Waals surface area contributed by atoms with Gasteiger partial charge in [-0.15, -0.1) is 0 Å². The van der Waals surface area contributed by atoms with E-state index in [1.54, 1.807) is 0 Å². The summed E-state index contributed by atoms with van der Waals surface area (Å²) in [4.78, 5) is 26.1. The quantitative estimate of drug-likeness (QED) is 0.850. The molecule has 2 amide bonds. The van der Waals surface area contributed by atoms with Crippen molar-refractivity contribution in [2.24, 2.45) is 0 Å². The molecule has 0 saturated carbocycles. The topological polar surface area (TPSA) is 70.7 Å². The van der Waals surface area contributed by atoms with Crippen LogP contribution in [-0.4, -0.2) is 55.6 Å². The smallest absolute Gasteiger partial charge is 0.243 e. The molecular weight excluding hydrogens is 306 g/mol. The first-order valence-corrected chi connectivity index (χ1v) is 8.71. The number of aryl methyl sites for hydroxylation is 1. The average Bonchev–Trinajstić information content (AvgIpc) is 3.16. The number of carbonyl (C=O) groups is 2. The number of carbonyl (C=O) groups excluding carboxylic acids is 2. The van der Waals surface area contributed by atoms with Crippen molar-refractivity contribution < 1.29 is 14.3 Å². The molecule has 0 spiro atoms. The largest absolute Gasteiger partial charge is 0.378 e. The summed E-state index contributed by atoms with van der Waals surface area (Å²) in [6, 6.07) is 7.42. The lowest BCUT2D eigenvalue weighted by Crippen LogP contribution is -2.48. The van der Waals surface area contributed by atoms with Crippen molar-refractivity contribution in [2.75, 3.05) is 38.2 Å². The molecule has 0 aromatic heterocycles. The fourth-order valence-electron chi connectivity index (χ4n) is 3.09. The van der Waals surface area contributed by atoms with Crippen molar-refractivity contribution in [3.63, 3.8) is 0 Å². The van der Waals surface area contributed by atoms with Gasteiger partial charge >= 0.3 is 0 Å². The molecule has 2 fully saturated rings. The highest BCUT2D eigenvalue weighted by Gasteiger charge is 2.21. The van der Waals surface area contributed by atoms with Crippen LogP contribution in [0.15, 0.2) is 24.3 Å². The Morgan fingerprint density at radius 3 is 2.62 bits per heavy atom. The molecule has 3 rings (SSSR count). The van der Waals surface area contributed by atoms with Gasteiger partial charge in [0.2, 0.25) is 11.8 Å². The molecular formula is C18H25N3O3. The SMILES string of the molecule is O=C(Nc1ccc(CCC(=O)N2CCCC2)cc1)C1COCCN1. The summed E-state index contributed by atoms with van der Waals surface area (Å²) in [7, 11) is 0. The number of hydrogen-bond acceptors (Lipinski definition) is 4. The standard InChI is InChI=1S/C18H25N3O3/c22-17(21-10-1-2-11-21)8-5-14-3-6-15(7-4-14)20-18(23)16-13-24-12-9-19-16/h3-4,6-7,16,19H,1-2,5,8-13H2,(H,20,23). The van der Waals surface area contributed by atoms with Crippen molar-refractivity contribution in [3.05, 3.63) is 29.8 Å². The molecule has 6 heteroatoms. The highest BCUT2D eigenvalue weighted by molar-refractivity contribution is 5.95. The van der Waals surface area contributed by atoms with E-state index in [1.807, 2.05) is 29.2 Å². The van der Waals surface area contributed by atoms with Gasteiger partial charge in [-0.25, -0.2) is 0 Å². The molecule has 0 aliphatic carbocycles. The summed E-state index contributed by atoms with van der Waals surface area (Å²) >= 11 is 0. The highest BCUT2D eigenvalue weighted by Crippen LogP contribution is 2.14. The highest BCUT2D eigenvalue weighted by atomic mass is 16.5. The molecule has 2 aliphatic heterocycles. The van der Waals surface area contributed by atoms with Crippen LogP contribution in [-0.2, 0) is 20.7 Å². The molecule has 1 aromatic rings. The lowest BCUT2D eigenvalue weighted by Gasteiger charge is -2.22. The lowest BCUT2D eigenvalue weighted by atomic mass is 10.1. The summed E-state index contributed by atoms with van der Waals surface area (Å²) in [6.45, 7) is 3.56. The molecule has 2 N–H and O–H groups in total. The number of rotatable bonds is 5. The van der Waals surface area contributed by atoms with Gasteiger partial charge in [0, 0.05) is 31.7 Å². The Morgan fingerprint density at radius 2 is 1.96 bits per heavy atom. The van der Waals surface area contributed by atoms with Gasteiger partial charge in [0.15, 0.2) is 0 Å². The number of ether oxygens (including phenoxy) is 1. The summed E-state index contributed by atoms with van der Waals surface area (Å²) in [5.74, 6) is 0.167. The monoisotopic (exact) mass is 331 g/mol. The first-order valence-electron chi connectivity index (χ1n) is 8.71. The number of benzene rings is 1. The molecule has 1 atom stereocenters. The van der Waals surface area contributed by atoms with Gasteiger partial charge in [-0.05, 0) is 37.0 Å². The van der Waals surface area contributed by atoms with Crippen LogP contribution in [0.25, 0.3) is 0 Å². The Balaban J connectivity index is 1.46. The van der Waals surface area contributed by atoms with Crippen LogP contribution in [0.1, 0.15) is 24.8 Å². The first kappa shape index (κ1) is 16.9. The van der Waals surface area contributed by atoms with Gasteiger partial charge in [-0.1, -0.05) is 12.1 Å². The van der Waals surface area contributed by atoms with Gasteiger partial charge < -0.3 is 20.3 Å². The molecule has 1 unspecified atom stereocenters. The predicted octanol–water partition coefficient (Wildman–Crippen LogP) is 1.17. The van der Waals surface area contributed by atoms with Crippen LogP contribution in [0.3, 0.4) is 0 Å². The van der Waals surface area contributed by atoms with Crippen LogP contribution >= 0.6 is 0 Å². The van der Waals surface area contributed by atoms with Crippen molar-refractivity contribution in [1.29, 1.82) is 0 Å². The number of amides is 2. The van der Waals surface area contributed by atoms with E-state index >= 15 is 0 Å². The predicted molar refractivity (Wildman–Crippen MR) is 91.8 cm³/mol. The van der Waals surface area contributed by atoms with Gasteiger partial charge in [0.25, 0.3) is 0 Å². The number of likely N-dealkylation sites (tertiary alicyclic amines) is 1. The van der Waals surface area contributed by atoms with Crippen LogP contribution in [0.4, 0.5) is 5.69 Å². The second kappa shape index (κ2) is 8.26. The lowest BCUT2D eigenvalue weighted by molar-refractivity contribution is -0.130. The average molecular weight is 331 g/mol. The molecule has 1 aromatic carbocycles. The minimum absolute atomic E-state index is 0.0772. The molecule has 0 radical (unpaired) electrons. The Kier molecular flexibility index (Phi) is 5.82. The number of morpholine rings is 1. The van der Waals surface area contributed by atoms with E-state index in [-0.39, 0.29) is 17.9 Å². The second-order valence-electron chi connectivity index (χ2n) is 6.36. The van der Waals surface area contributed by atoms with E-state index in [0.29, 0.717) is 26.2 Å². The fourth-order valence-corrected chi connectivity index (χ4v) is 3.09. The van der Waals surface area contributed by atoms with Crippen molar-refractivity contribution in [3.8, 4) is 0 Å².